The van der Waals surface area contributed by atoms with E-state index in [-0.39, 0.29) is 0 Å². The van der Waals surface area contributed by atoms with E-state index < -0.39 is 0 Å². The second kappa shape index (κ2) is 6.61. The predicted molar refractivity (Wildman–Crippen MR) is 76.5 cm³/mol. The molecule has 0 spiro atoms. The summed E-state index contributed by atoms with van der Waals surface area (Å²) in [5.41, 5.74) is 5.51. The third-order valence-electron chi connectivity index (χ3n) is 3.41. The van der Waals surface area contributed by atoms with Crippen LogP contribution in [0.15, 0.2) is 30.4 Å². The Morgan fingerprint density at radius 2 is 2.06 bits per heavy atom. The number of benzene rings is 1. The summed E-state index contributed by atoms with van der Waals surface area (Å²) in [6, 6.07) is 7.20. The summed E-state index contributed by atoms with van der Waals surface area (Å²) in [6.45, 7) is 10.6. The van der Waals surface area contributed by atoms with Crippen LogP contribution in [0.2, 0.25) is 0 Å². The highest BCUT2D eigenvalue weighted by atomic mass is 14.9. The summed E-state index contributed by atoms with van der Waals surface area (Å²) in [4.78, 5) is 0. The molecular formula is C16H25N. The van der Waals surface area contributed by atoms with Gasteiger partial charge in [-0.15, -0.1) is 0 Å². The third kappa shape index (κ3) is 4.35. The maximum atomic E-state index is 4.10. The lowest BCUT2D eigenvalue weighted by Crippen LogP contribution is -2.28. The van der Waals surface area contributed by atoms with Gasteiger partial charge < -0.3 is 5.32 Å². The number of aryl methyl sites for hydroxylation is 2. The molecule has 1 atom stereocenters. The fourth-order valence-electron chi connectivity index (χ4n) is 2.05. The van der Waals surface area contributed by atoms with Crippen LogP contribution in [0.4, 0.5) is 0 Å². The number of hydrogen-bond acceptors (Lipinski definition) is 1. The molecule has 0 aliphatic carbocycles. The van der Waals surface area contributed by atoms with Crippen molar-refractivity contribution in [3.05, 3.63) is 47.0 Å². The van der Waals surface area contributed by atoms with Crippen molar-refractivity contribution >= 4 is 0 Å². The van der Waals surface area contributed by atoms with Gasteiger partial charge in [0.05, 0.1) is 0 Å². The molecule has 0 saturated heterocycles. The normalized spacial score (nSPS) is 12.5. The lowest BCUT2D eigenvalue weighted by Gasteiger charge is -2.18. The molecule has 0 saturated carbocycles. The highest BCUT2D eigenvalue weighted by molar-refractivity contribution is 5.31. The summed E-state index contributed by atoms with van der Waals surface area (Å²) < 4.78 is 0. The minimum Gasteiger partial charge on any atom is -0.316 e. The van der Waals surface area contributed by atoms with Crippen LogP contribution >= 0.6 is 0 Å². The average molecular weight is 231 g/mol. The van der Waals surface area contributed by atoms with E-state index in [0.29, 0.717) is 6.04 Å². The molecule has 1 unspecified atom stereocenters. The average Bonchev–Trinajstić information content (AvgIpc) is 2.32. The zero-order valence-electron chi connectivity index (χ0n) is 11.6. The van der Waals surface area contributed by atoms with Gasteiger partial charge in [0.1, 0.15) is 0 Å². The molecule has 1 nitrogen and oxygen atoms in total. The van der Waals surface area contributed by atoms with Crippen molar-refractivity contribution in [2.24, 2.45) is 0 Å². The van der Waals surface area contributed by atoms with E-state index in [1.54, 1.807) is 0 Å². The molecule has 0 aromatic heterocycles. The Morgan fingerprint density at radius 3 is 2.65 bits per heavy atom. The Kier molecular flexibility index (Phi) is 5.43. The zero-order valence-corrected chi connectivity index (χ0v) is 11.6. The molecule has 1 heteroatoms. The van der Waals surface area contributed by atoms with Gasteiger partial charge in [-0.25, -0.2) is 0 Å². The molecule has 1 aromatic carbocycles. The topological polar surface area (TPSA) is 12.0 Å². The van der Waals surface area contributed by atoms with Crippen LogP contribution in [0.5, 0.6) is 0 Å². The fraction of sp³-hybridized carbons (Fsp3) is 0.500. The van der Waals surface area contributed by atoms with Crippen LogP contribution in [0, 0.1) is 13.8 Å². The van der Waals surface area contributed by atoms with Gasteiger partial charge in [-0.1, -0.05) is 42.8 Å². The van der Waals surface area contributed by atoms with Crippen molar-refractivity contribution in [2.45, 2.75) is 46.1 Å². The van der Waals surface area contributed by atoms with Crippen molar-refractivity contribution in [3.63, 3.8) is 0 Å². The molecule has 0 radical (unpaired) electrons. The summed E-state index contributed by atoms with van der Waals surface area (Å²) >= 11 is 0. The largest absolute Gasteiger partial charge is 0.316 e. The third-order valence-corrected chi connectivity index (χ3v) is 3.41. The first-order valence-electron chi connectivity index (χ1n) is 6.46. The molecule has 1 rings (SSSR count). The quantitative estimate of drug-likeness (QED) is 0.734. The van der Waals surface area contributed by atoms with Crippen LogP contribution in [0.3, 0.4) is 0 Å². The zero-order chi connectivity index (χ0) is 12.8. The maximum absolute atomic E-state index is 4.10. The van der Waals surface area contributed by atoms with Crippen LogP contribution in [0.1, 0.15) is 36.5 Å². The van der Waals surface area contributed by atoms with Gasteiger partial charge in [0.25, 0.3) is 0 Å². The first-order valence-corrected chi connectivity index (χ1v) is 6.46. The van der Waals surface area contributed by atoms with Crippen molar-refractivity contribution < 1.29 is 0 Å². The first-order chi connectivity index (χ1) is 8.06. The molecule has 0 heterocycles. The molecule has 17 heavy (non-hydrogen) atoms. The van der Waals surface area contributed by atoms with Gasteiger partial charge in [-0.05, 0) is 51.3 Å². The van der Waals surface area contributed by atoms with Gasteiger partial charge in [0.2, 0.25) is 0 Å². The summed E-state index contributed by atoms with van der Waals surface area (Å²) in [5.74, 6) is 0. The minimum absolute atomic E-state index is 0.503. The fourth-order valence-corrected chi connectivity index (χ4v) is 2.05. The van der Waals surface area contributed by atoms with Gasteiger partial charge in [0.15, 0.2) is 0 Å². The number of hydrogen-bond donors (Lipinski definition) is 1. The van der Waals surface area contributed by atoms with E-state index in [4.69, 9.17) is 0 Å². The minimum atomic E-state index is 0.503. The smallest absolute Gasteiger partial charge is 0.0142 e. The van der Waals surface area contributed by atoms with E-state index in [0.717, 1.165) is 19.3 Å². The molecule has 1 aromatic rings. The highest BCUT2D eigenvalue weighted by Crippen LogP contribution is 2.16. The molecule has 1 N–H and O–H groups in total. The summed E-state index contributed by atoms with van der Waals surface area (Å²) in [5, 5.41) is 3.40. The maximum Gasteiger partial charge on any atom is 0.0142 e. The number of rotatable bonds is 6. The molecule has 0 amide bonds. The number of nitrogens with one attached hydrogen (secondary N) is 1. The predicted octanol–water partition coefficient (Wildman–Crippen LogP) is 3.79. The lowest BCUT2D eigenvalue weighted by atomic mass is 9.95. The van der Waals surface area contributed by atoms with Gasteiger partial charge >= 0.3 is 0 Å². The van der Waals surface area contributed by atoms with Crippen molar-refractivity contribution in [2.75, 3.05) is 7.05 Å². The summed E-state index contributed by atoms with van der Waals surface area (Å²) in [6.07, 6.45) is 3.23. The van der Waals surface area contributed by atoms with Gasteiger partial charge in [-0.3, -0.25) is 0 Å². The van der Waals surface area contributed by atoms with Gasteiger partial charge in [0, 0.05) is 6.04 Å². The van der Waals surface area contributed by atoms with Crippen LogP contribution < -0.4 is 5.32 Å². The van der Waals surface area contributed by atoms with E-state index in [1.807, 2.05) is 7.05 Å². The van der Waals surface area contributed by atoms with Crippen LogP contribution in [0.25, 0.3) is 0 Å². The molecule has 0 bridgehead atoms. The second-order valence-corrected chi connectivity index (χ2v) is 4.93. The van der Waals surface area contributed by atoms with Gasteiger partial charge in [-0.2, -0.15) is 0 Å². The Morgan fingerprint density at radius 1 is 1.35 bits per heavy atom. The van der Waals surface area contributed by atoms with Crippen molar-refractivity contribution in [1.82, 2.24) is 5.32 Å². The second-order valence-electron chi connectivity index (χ2n) is 4.93. The molecular weight excluding hydrogens is 206 g/mol. The summed E-state index contributed by atoms with van der Waals surface area (Å²) in [7, 11) is 2.04. The standard InChI is InChI=1S/C16H25N/c1-6-12(2)10-16(17-5)11-15-9-13(3)7-8-14(15)4/h7-9,16-17H,2,6,10-11H2,1,3-5H3. The van der Waals surface area contributed by atoms with E-state index in [1.165, 1.54) is 22.3 Å². The molecule has 94 valence electrons. The van der Waals surface area contributed by atoms with Crippen molar-refractivity contribution in [3.8, 4) is 0 Å². The monoisotopic (exact) mass is 231 g/mol. The highest BCUT2D eigenvalue weighted by Gasteiger charge is 2.10. The van der Waals surface area contributed by atoms with Crippen LogP contribution in [-0.4, -0.2) is 13.1 Å². The lowest BCUT2D eigenvalue weighted by molar-refractivity contribution is 0.548. The Bertz CT molecular complexity index is 379. The van der Waals surface area contributed by atoms with E-state index in [9.17, 15) is 0 Å². The van der Waals surface area contributed by atoms with Crippen LogP contribution in [-0.2, 0) is 6.42 Å². The first kappa shape index (κ1) is 14.0. The molecule has 0 fully saturated rings. The van der Waals surface area contributed by atoms with E-state index >= 15 is 0 Å². The molecule has 0 aliphatic rings. The van der Waals surface area contributed by atoms with E-state index in [2.05, 4.69) is 50.9 Å². The Labute approximate surface area is 106 Å². The SMILES string of the molecule is C=C(CC)CC(Cc1cc(C)ccc1C)NC. The number of likely N-dealkylation sites (N-methyl/N-ethyl adjacent to an activating group) is 1. The Balaban J connectivity index is 2.73. The molecule has 0 aliphatic heterocycles. The Hall–Kier alpha value is -1.08. The van der Waals surface area contributed by atoms with Crippen molar-refractivity contribution in [1.29, 1.82) is 0 Å².